The highest BCUT2D eigenvalue weighted by Gasteiger charge is 2.53. The first-order chi connectivity index (χ1) is 8.48. The van der Waals surface area contributed by atoms with Gasteiger partial charge in [0.25, 0.3) is 0 Å². The van der Waals surface area contributed by atoms with E-state index in [1.165, 1.54) is 19.1 Å². The molecule has 0 saturated heterocycles. The van der Waals surface area contributed by atoms with Crippen LogP contribution in [0.1, 0.15) is 12.5 Å². The number of amides is 1. The second-order valence-electron chi connectivity index (χ2n) is 4.34. The van der Waals surface area contributed by atoms with E-state index in [4.69, 9.17) is 9.47 Å². The van der Waals surface area contributed by atoms with Gasteiger partial charge in [-0.3, -0.25) is 9.59 Å². The summed E-state index contributed by atoms with van der Waals surface area (Å²) in [6.45, 7) is 1.57. The van der Waals surface area contributed by atoms with Crippen LogP contribution in [-0.2, 0) is 19.7 Å². The van der Waals surface area contributed by atoms with Crippen LogP contribution in [0.2, 0.25) is 0 Å². The number of hydrogen-bond acceptors (Lipinski definition) is 4. The van der Waals surface area contributed by atoms with Crippen molar-refractivity contribution in [2.75, 3.05) is 26.2 Å². The third-order valence-electron chi connectivity index (χ3n) is 3.42. The minimum atomic E-state index is -1.30. The summed E-state index contributed by atoms with van der Waals surface area (Å²) in [5.41, 5.74) is -0.0630. The van der Waals surface area contributed by atoms with Crippen molar-refractivity contribution in [1.29, 1.82) is 0 Å². The molecule has 0 radical (unpaired) electrons. The van der Waals surface area contributed by atoms with Gasteiger partial charge in [-0.05, 0) is 13.0 Å². The topological polar surface area (TPSA) is 55.8 Å². The van der Waals surface area contributed by atoms with Crippen LogP contribution >= 0.6 is 0 Å². The monoisotopic (exact) mass is 249 g/mol. The number of hydrogen-bond donors (Lipinski definition) is 0. The van der Waals surface area contributed by atoms with Gasteiger partial charge in [-0.2, -0.15) is 0 Å². The van der Waals surface area contributed by atoms with Crippen molar-refractivity contribution in [3.8, 4) is 5.75 Å². The summed E-state index contributed by atoms with van der Waals surface area (Å²) < 4.78 is 10.00. The third-order valence-corrected chi connectivity index (χ3v) is 3.42. The van der Waals surface area contributed by atoms with E-state index in [2.05, 4.69) is 0 Å². The molecule has 1 heterocycles. The van der Waals surface area contributed by atoms with E-state index in [1.807, 2.05) is 0 Å². The molecule has 1 aromatic rings. The van der Waals surface area contributed by atoms with Gasteiger partial charge in [0, 0.05) is 12.6 Å². The predicted octanol–water partition coefficient (Wildman–Crippen LogP) is 1.10. The van der Waals surface area contributed by atoms with Crippen molar-refractivity contribution in [3.63, 3.8) is 0 Å². The Morgan fingerprint density at radius 1 is 1.33 bits per heavy atom. The molecule has 0 bridgehead atoms. The van der Waals surface area contributed by atoms with E-state index in [-0.39, 0.29) is 5.91 Å². The summed E-state index contributed by atoms with van der Waals surface area (Å²) in [4.78, 5) is 25.7. The number of likely N-dealkylation sites (N-methyl/N-ethyl adjacent to an activating group) is 1. The number of methoxy groups -OCH3 is 2. The van der Waals surface area contributed by atoms with Gasteiger partial charge in [0.15, 0.2) is 5.41 Å². The first-order valence-electron chi connectivity index (χ1n) is 5.52. The molecular weight excluding hydrogens is 234 g/mol. The van der Waals surface area contributed by atoms with Crippen molar-refractivity contribution >= 4 is 17.6 Å². The zero-order valence-corrected chi connectivity index (χ0v) is 10.8. The normalized spacial score (nSPS) is 21.8. The zero-order chi connectivity index (χ0) is 13.5. The average molecular weight is 249 g/mol. The zero-order valence-electron chi connectivity index (χ0n) is 10.8. The standard InChI is InChI=1S/C13H15NO4/c1-13(12(16)18-4)8-6-5-7-9(17-3)10(8)14(2)11(13)15/h5-7H,1-4H3/t13-/m0/s1. The summed E-state index contributed by atoms with van der Waals surface area (Å²) in [6.07, 6.45) is 0. The fourth-order valence-corrected chi connectivity index (χ4v) is 2.39. The van der Waals surface area contributed by atoms with Crippen LogP contribution < -0.4 is 9.64 Å². The molecule has 2 rings (SSSR count). The summed E-state index contributed by atoms with van der Waals surface area (Å²) in [7, 11) is 4.43. The number of esters is 1. The molecule has 5 nitrogen and oxygen atoms in total. The van der Waals surface area contributed by atoms with Crippen molar-refractivity contribution in [1.82, 2.24) is 0 Å². The highest BCUT2D eigenvalue weighted by atomic mass is 16.5. The predicted molar refractivity (Wildman–Crippen MR) is 65.8 cm³/mol. The highest BCUT2D eigenvalue weighted by molar-refractivity contribution is 6.20. The third kappa shape index (κ3) is 1.33. The molecule has 1 aliphatic rings. The smallest absolute Gasteiger partial charge is 0.325 e. The van der Waals surface area contributed by atoms with Gasteiger partial charge in [0.2, 0.25) is 5.91 Å². The number of carbonyl (C=O) groups is 2. The second-order valence-corrected chi connectivity index (χ2v) is 4.34. The largest absolute Gasteiger partial charge is 0.495 e. The Kier molecular flexibility index (Phi) is 2.77. The van der Waals surface area contributed by atoms with Crippen molar-refractivity contribution in [2.24, 2.45) is 0 Å². The Bertz CT molecular complexity index is 526. The van der Waals surface area contributed by atoms with Crippen LogP contribution in [0.5, 0.6) is 5.75 Å². The van der Waals surface area contributed by atoms with Crippen molar-refractivity contribution in [3.05, 3.63) is 23.8 Å². The molecule has 1 amide bonds. The van der Waals surface area contributed by atoms with E-state index in [0.717, 1.165) is 0 Å². The molecule has 96 valence electrons. The van der Waals surface area contributed by atoms with Gasteiger partial charge < -0.3 is 14.4 Å². The van der Waals surface area contributed by atoms with Gasteiger partial charge in [0.05, 0.1) is 19.9 Å². The maximum absolute atomic E-state index is 12.3. The van der Waals surface area contributed by atoms with Gasteiger partial charge in [-0.1, -0.05) is 12.1 Å². The number of para-hydroxylation sites is 1. The lowest BCUT2D eigenvalue weighted by atomic mass is 9.84. The van der Waals surface area contributed by atoms with E-state index < -0.39 is 11.4 Å². The molecular formula is C13H15NO4. The Morgan fingerprint density at radius 2 is 2.00 bits per heavy atom. The SMILES string of the molecule is COC(=O)[C@]1(C)C(=O)N(C)c2c(OC)cccc21. The number of benzene rings is 1. The lowest BCUT2D eigenvalue weighted by molar-refractivity contribution is -0.150. The highest BCUT2D eigenvalue weighted by Crippen LogP contribution is 2.46. The minimum absolute atomic E-state index is 0.311. The molecule has 1 aromatic carbocycles. The molecule has 1 atom stereocenters. The molecule has 0 N–H and O–H groups in total. The van der Waals surface area contributed by atoms with Crippen LogP contribution in [-0.4, -0.2) is 33.1 Å². The van der Waals surface area contributed by atoms with E-state index in [9.17, 15) is 9.59 Å². The van der Waals surface area contributed by atoms with E-state index >= 15 is 0 Å². The molecule has 0 aromatic heterocycles. The summed E-state index contributed by atoms with van der Waals surface area (Å²) in [6, 6.07) is 5.26. The first kappa shape index (κ1) is 12.4. The lowest BCUT2D eigenvalue weighted by Gasteiger charge is -2.19. The molecule has 0 saturated carbocycles. The van der Waals surface area contributed by atoms with Crippen LogP contribution in [0, 0.1) is 0 Å². The molecule has 0 unspecified atom stereocenters. The number of fused-ring (bicyclic) bond motifs is 1. The van der Waals surface area contributed by atoms with Crippen LogP contribution in [0.15, 0.2) is 18.2 Å². The van der Waals surface area contributed by atoms with Gasteiger partial charge in [-0.25, -0.2) is 0 Å². The molecule has 18 heavy (non-hydrogen) atoms. The number of rotatable bonds is 2. The Hall–Kier alpha value is -2.04. The molecule has 0 aliphatic carbocycles. The summed E-state index contributed by atoms with van der Waals surface area (Å²) in [5.74, 6) is -0.309. The number of nitrogens with zero attached hydrogens (tertiary/aromatic N) is 1. The van der Waals surface area contributed by atoms with Crippen LogP contribution in [0.25, 0.3) is 0 Å². The molecule has 5 heteroatoms. The maximum atomic E-state index is 12.3. The van der Waals surface area contributed by atoms with Gasteiger partial charge in [-0.15, -0.1) is 0 Å². The van der Waals surface area contributed by atoms with Crippen molar-refractivity contribution in [2.45, 2.75) is 12.3 Å². The number of ether oxygens (including phenoxy) is 2. The van der Waals surface area contributed by atoms with E-state index in [1.54, 1.807) is 32.2 Å². The van der Waals surface area contributed by atoms with Crippen molar-refractivity contribution < 1.29 is 19.1 Å². The van der Waals surface area contributed by atoms with Crippen LogP contribution in [0.3, 0.4) is 0 Å². The number of carbonyl (C=O) groups excluding carboxylic acids is 2. The Labute approximate surface area is 105 Å². The second kappa shape index (κ2) is 4.01. The van der Waals surface area contributed by atoms with Gasteiger partial charge in [0.1, 0.15) is 5.75 Å². The average Bonchev–Trinajstić information content (AvgIpc) is 2.61. The molecule has 0 spiro atoms. The minimum Gasteiger partial charge on any atom is -0.495 e. The fraction of sp³-hybridized carbons (Fsp3) is 0.385. The fourth-order valence-electron chi connectivity index (χ4n) is 2.39. The Morgan fingerprint density at radius 3 is 2.56 bits per heavy atom. The first-order valence-corrected chi connectivity index (χ1v) is 5.52. The summed E-state index contributed by atoms with van der Waals surface area (Å²) >= 11 is 0. The summed E-state index contributed by atoms with van der Waals surface area (Å²) in [5, 5.41) is 0. The van der Waals surface area contributed by atoms with E-state index in [0.29, 0.717) is 17.0 Å². The number of anilines is 1. The molecule has 1 aliphatic heterocycles. The quantitative estimate of drug-likeness (QED) is 0.582. The lowest BCUT2D eigenvalue weighted by Crippen LogP contribution is -2.43. The van der Waals surface area contributed by atoms with Crippen LogP contribution in [0.4, 0.5) is 5.69 Å². The maximum Gasteiger partial charge on any atom is 0.325 e. The van der Waals surface area contributed by atoms with Gasteiger partial charge >= 0.3 is 5.97 Å². The molecule has 0 fully saturated rings. The Balaban J connectivity index is 2.71.